The zero-order valence-electron chi connectivity index (χ0n) is 12.9. The first-order valence-electron chi connectivity index (χ1n) is 7.58. The average molecular weight is 307 g/mol. The van der Waals surface area contributed by atoms with E-state index in [1.165, 1.54) is 11.9 Å². The van der Waals surface area contributed by atoms with Crippen molar-refractivity contribution in [2.45, 2.75) is 19.5 Å². The summed E-state index contributed by atoms with van der Waals surface area (Å²) in [6.45, 7) is 2.67. The summed E-state index contributed by atoms with van der Waals surface area (Å²) in [4.78, 5) is 24.0. The largest absolute Gasteiger partial charge is 0.337 e. The molecule has 3 aromatic rings. The monoisotopic (exact) mass is 307 g/mol. The molecule has 0 spiro atoms. The minimum atomic E-state index is 0.696. The van der Waals surface area contributed by atoms with Crippen LogP contribution in [-0.4, -0.2) is 40.9 Å². The molecule has 0 amide bonds. The molecule has 0 bridgehead atoms. The fourth-order valence-corrected chi connectivity index (χ4v) is 2.81. The molecule has 0 fully saturated rings. The van der Waals surface area contributed by atoms with Gasteiger partial charge in [-0.05, 0) is 0 Å². The average Bonchev–Trinajstić information content (AvgIpc) is 3.00. The van der Waals surface area contributed by atoms with Gasteiger partial charge in [0.2, 0.25) is 0 Å². The summed E-state index contributed by atoms with van der Waals surface area (Å²) in [6, 6.07) is 0. The van der Waals surface area contributed by atoms with Crippen molar-refractivity contribution in [3.63, 3.8) is 0 Å². The highest BCUT2D eigenvalue weighted by molar-refractivity contribution is 5.52. The highest BCUT2D eigenvalue weighted by atomic mass is 15.2. The third-order valence-corrected chi connectivity index (χ3v) is 4.12. The maximum absolute atomic E-state index is 4.69. The number of imidazole rings is 1. The fourth-order valence-electron chi connectivity index (χ4n) is 2.81. The first kappa shape index (κ1) is 14.0. The summed E-state index contributed by atoms with van der Waals surface area (Å²) in [5.41, 5.74) is 3.16. The zero-order valence-corrected chi connectivity index (χ0v) is 12.9. The normalized spacial score (nSPS) is 14.7. The van der Waals surface area contributed by atoms with E-state index < -0.39 is 0 Å². The minimum absolute atomic E-state index is 0.696. The van der Waals surface area contributed by atoms with Crippen molar-refractivity contribution < 1.29 is 0 Å². The van der Waals surface area contributed by atoms with Gasteiger partial charge >= 0.3 is 0 Å². The molecule has 23 heavy (non-hydrogen) atoms. The number of nitrogens with zero attached hydrogens (tertiary/aromatic N) is 7. The van der Waals surface area contributed by atoms with Crippen molar-refractivity contribution in [1.29, 1.82) is 0 Å². The molecule has 0 aromatic carbocycles. The van der Waals surface area contributed by atoms with Gasteiger partial charge < -0.3 is 4.57 Å². The quantitative estimate of drug-likeness (QED) is 0.724. The molecule has 0 aliphatic carbocycles. The summed E-state index contributed by atoms with van der Waals surface area (Å²) >= 11 is 0. The van der Waals surface area contributed by atoms with Gasteiger partial charge in [-0.3, -0.25) is 4.90 Å². The maximum Gasteiger partial charge on any atom is 0.162 e. The standard InChI is InChI=1S/C16H17N7/c1-22-5-3-19-15(22)10-23-4-2-14-13(9-23)8-20-16(21-14)12-6-17-11-18-7-12/h3,5-8,11H,2,4,9-10H2,1H3. The number of aryl methyl sites for hydroxylation is 1. The molecule has 0 unspecified atom stereocenters. The van der Waals surface area contributed by atoms with E-state index in [9.17, 15) is 0 Å². The van der Waals surface area contributed by atoms with E-state index in [1.54, 1.807) is 12.4 Å². The van der Waals surface area contributed by atoms with Crippen molar-refractivity contribution in [2.75, 3.05) is 6.54 Å². The maximum atomic E-state index is 4.69. The van der Waals surface area contributed by atoms with Gasteiger partial charge in [0, 0.05) is 63.1 Å². The van der Waals surface area contributed by atoms with Crippen molar-refractivity contribution >= 4 is 0 Å². The third-order valence-electron chi connectivity index (χ3n) is 4.12. The summed E-state index contributed by atoms with van der Waals surface area (Å²) < 4.78 is 2.06. The Labute approximate surface area is 134 Å². The number of fused-ring (bicyclic) bond motifs is 1. The van der Waals surface area contributed by atoms with Crippen LogP contribution in [0.3, 0.4) is 0 Å². The molecule has 0 atom stereocenters. The van der Waals surface area contributed by atoms with Crippen molar-refractivity contribution in [3.05, 3.63) is 54.4 Å². The zero-order chi connectivity index (χ0) is 15.6. The Morgan fingerprint density at radius 1 is 1.13 bits per heavy atom. The van der Waals surface area contributed by atoms with Crippen LogP contribution in [0, 0.1) is 0 Å². The van der Waals surface area contributed by atoms with Crippen LogP contribution in [0.1, 0.15) is 17.1 Å². The molecule has 116 valence electrons. The Kier molecular flexibility index (Phi) is 3.55. The SMILES string of the molecule is Cn1ccnc1CN1CCc2nc(-c3cncnc3)ncc2C1. The lowest BCUT2D eigenvalue weighted by Crippen LogP contribution is -2.31. The minimum Gasteiger partial charge on any atom is -0.337 e. The van der Waals surface area contributed by atoms with Gasteiger partial charge in [-0.2, -0.15) is 0 Å². The first-order valence-corrected chi connectivity index (χ1v) is 7.58. The second-order valence-corrected chi connectivity index (χ2v) is 5.71. The molecular weight excluding hydrogens is 290 g/mol. The number of hydrogen-bond acceptors (Lipinski definition) is 6. The smallest absolute Gasteiger partial charge is 0.162 e. The highest BCUT2D eigenvalue weighted by Crippen LogP contribution is 2.21. The predicted molar refractivity (Wildman–Crippen MR) is 84.1 cm³/mol. The molecule has 0 radical (unpaired) electrons. The van der Waals surface area contributed by atoms with Gasteiger partial charge in [0.05, 0.1) is 17.8 Å². The lowest BCUT2D eigenvalue weighted by Gasteiger charge is -2.27. The molecule has 4 heterocycles. The molecular formula is C16H17N7. The van der Waals surface area contributed by atoms with Crippen LogP contribution in [0.25, 0.3) is 11.4 Å². The van der Waals surface area contributed by atoms with E-state index in [0.29, 0.717) is 5.82 Å². The van der Waals surface area contributed by atoms with Gasteiger partial charge in [0.1, 0.15) is 12.2 Å². The van der Waals surface area contributed by atoms with Crippen LogP contribution in [-0.2, 0) is 26.6 Å². The predicted octanol–water partition coefficient (Wildman–Crippen LogP) is 1.23. The van der Waals surface area contributed by atoms with Crippen LogP contribution in [0.15, 0.2) is 37.3 Å². The summed E-state index contributed by atoms with van der Waals surface area (Å²) in [6.07, 6.45) is 11.7. The molecule has 3 aromatic heterocycles. The van der Waals surface area contributed by atoms with Crippen LogP contribution in [0.4, 0.5) is 0 Å². The van der Waals surface area contributed by atoms with Crippen LogP contribution >= 0.6 is 0 Å². The van der Waals surface area contributed by atoms with Gasteiger partial charge in [-0.25, -0.2) is 24.9 Å². The Morgan fingerprint density at radius 2 is 2.00 bits per heavy atom. The van der Waals surface area contributed by atoms with Crippen molar-refractivity contribution in [1.82, 2.24) is 34.4 Å². The van der Waals surface area contributed by atoms with Crippen LogP contribution < -0.4 is 0 Å². The van der Waals surface area contributed by atoms with Crippen molar-refractivity contribution in [3.8, 4) is 11.4 Å². The molecule has 7 heteroatoms. The van der Waals surface area contributed by atoms with Gasteiger partial charge in [0.25, 0.3) is 0 Å². The molecule has 4 rings (SSSR count). The van der Waals surface area contributed by atoms with Gasteiger partial charge in [-0.1, -0.05) is 0 Å². The second-order valence-electron chi connectivity index (χ2n) is 5.71. The molecule has 7 nitrogen and oxygen atoms in total. The Hall–Kier alpha value is -2.67. The lowest BCUT2D eigenvalue weighted by molar-refractivity contribution is 0.234. The van der Waals surface area contributed by atoms with Gasteiger partial charge in [0.15, 0.2) is 5.82 Å². The molecule has 0 saturated heterocycles. The summed E-state index contributed by atoms with van der Waals surface area (Å²) in [5, 5.41) is 0. The van der Waals surface area contributed by atoms with E-state index in [0.717, 1.165) is 43.1 Å². The third kappa shape index (κ3) is 2.83. The summed E-state index contributed by atoms with van der Waals surface area (Å²) in [7, 11) is 2.03. The van der Waals surface area contributed by atoms with E-state index in [2.05, 4.69) is 29.4 Å². The fraction of sp³-hybridized carbons (Fsp3) is 0.312. The van der Waals surface area contributed by atoms with E-state index in [1.807, 2.05) is 25.6 Å². The van der Waals surface area contributed by atoms with E-state index >= 15 is 0 Å². The van der Waals surface area contributed by atoms with E-state index in [4.69, 9.17) is 4.98 Å². The topological polar surface area (TPSA) is 72.6 Å². The molecule has 1 aliphatic rings. The number of aromatic nitrogens is 6. The van der Waals surface area contributed by atoms with Gasteiger partial charge in [-0.15, -0.1) is 0 Å². The molecule has 1 aliphatic heterocycles. The lowest BCUT2D eigenvalue weighted by atomic mass is 10.1. The molecule has 0 N–H and O–H groups in total. The van der Waals surface area contributed by atoms with E-state index in [-0.39, 0.29) is 0 Å². The highest BCUT2D eigenvalue weighted by Gasteiger charge is 2.20. The Bertz CT molecular complexity index is 812. The first-order chi connectivity index (χ1) is 11.3. The number of rotatable bonds is 3. The second kappa shape index (κ2) is 5.85. The Morgan fingerprint density at radius 3 is 2.78 bits per heavy atom. The van der Waals surface area contributed by atoms with Crippen molar-refractivity contribution in [2.24, 2.45) is 7.05 Å². The van der Waals surface area contributed by atoms with Crippen LogP contribution in [0.2, 0.25) is 0 Å². The Balaban J connectivity index is 1.53. The molecule has 0 saturated carbocycles. The summed E-state index contributed by atoms with van der Waals surface area (Å²) in [5.74, 6) is 1.77. The number of hydrogen-bond donors (Lipinski definition) is 0. The van der Waals surface area contributed by atoms with Crippen LogP contribution in [0.5, 0.6) is 0 Å².